The van der Waals surface area contributed by atoms with E-state index < -0.39 is 0 Å². The van der Waals surface area contributed by atoms with Gasteiger partial charge in [0.1, 0.15) is 17.9 Å². The van der Waals surface area contributed by atoms with Crippen molar-refractivity contribution in [1.82, 2.24) is 24.8 Å². The quantitative estimate of drug-likeness (QED) is 0.227. The number of ether oxygens (including phenoxy) is 2. The molecule has 6 rings (SSSR count). The van der Waals surface area contributed by atoms with Crippen LogP contribution >= 0.6 is 0 Å². The van der Waals surface area contributed by atoms with Gasteiger partial charge in [0.05, 0.1) is 19.5 Å². The standard InChI is InChI=1S/C31H35N7O2/c1-31(2,3)37-29-27-28(33-20-32-27)35-30(36-29)34-25-9-6-21(7-10-25)22-4-5-24-19-26(11-8-23(24)18-22)40-17-14-38-12-15-39-16-13-38/h4-11,18-20H,12-17H2,1-3H3,(H3,32,33,34,35,36,37). The second-order valence-electron chi connectivity index (χ2n) is 11.1. The van der Waals surface area contributed by atoms with E-state index in [1.54, 1.807) is 6.33 Å². The normalized spacial score (nSPS) is 14.5. The second kappa shape index (κ2) is 11.1. The number of hydrogen-bond donors (Lipinski definition) is 3. The lowest BCUT2D eigenvalue weighted by molar-refractivity contribution is 0.0322. The van der Waals surface area contributed by atoms with E-state index in [1.165, 1.54) is 5.39 Å². The van der Waals surface area contributed by atoms with Crippen molar-refractivity contribution in [2.24, 2.45) is 0 Å². The Hall–Kier alpha value is -4.21. The number of nitrogens with one attached hydrogen (secondary N) is 3. The van der Waals surface area contributed by atoms with Crippen LogP contribution in [0, 0.1) is 0 Å². The molecule has 5 aromatic rings. The first-order valence-corrected chi connectivity index (χ1v) is 13.7. The van der Waals surface area contributed by atoms with Crippen LogP contribution in [0.15, 0.2) is 67.0 Å². The number of benzene rings is 3. The number of nitrogens with zero attached hydrogens (tertiary/aromatic N) is 4. The van der Waals surface area contributed by atoms with Crippen LogP contribution in [-0.4, -0.2) is 69.8 Å². The summed E-state index contributed by atoms with van der Waals surface area (Å²) in [6.45, 7) is 11.5. The molecule has 0 spiro atoms. The highest BCUT2D eigenvalue weighted by Gasteiger charge is 2.16. The largest absolute Gasteiger partial charge is 0.492 e. The number of imidazole rings is 1. The maximum atomic E-state index is 6.03. The van der Waals surface area contributed by atoms with Crippen molar-refractivity contribution in [3.63, 3.8) is 0 Å². The molecule has 3 aromatic carbocycles. The molecule has 0 aliphatic carbocycles. The second-order valence-corrected chi connectivity index (χ2v) is 11.1. The zero-order valence-electron chi connectivity index (χ0n) is 23.2. The van der Waals surface area contributed by atoms with Crippen LogP contribution in [0.1, 0.15) is 20.8 Å². The van der Waals surface area contributed by atoms with Crippen molar-refractivity contribution in [2.45, 2.75) is 26.3 Å². The summed E-state index contributed by atoms with van der Waals surface area (Å²) >= 11 is 0. The van der Waals surface area contributed by atoms with E-state index in [0.29, 0.717) is 18.2 Å². The number of morpholine rings is 1. The van der Waals surface area contributed by atoms with Gasteiger partial charge in [-0.25, -0.2) is 4.98 Å². The van der Waals surface area contributed by atoms with Crippen LogP contribution in [0.5, 0.6) is 5.75 Å². The average Bonchev–Trinajstić information content (AvgIpc) is 3.42. The van der Waals surface area contributed by atoms with E-state index in [-0.39, 0.29) is 5.54 Å². The van der Waals surface area contributed by atoms with Crippen LogP contribution in [0.4, 0.5) is 17.5 Å². The summed E-state index contributed by atoms with van der Waals surface area (Å²) in [7, 11) is 0. The van der Waals surface area contributed by atoms with E-state index in [0.717, 1.165) is 72.1 Å². The molecule has 0 atom stereocenters. The van der Waals surface area contributed by atoms with Gasteiger partial charge in [0.2, 0.25) is 5.95 Å². The zero-order chi connectivity index (χ0) is 27.5. The van der Waals surface area contributed by atoms with Gasteiger partial charge in [-0.3, -0.25) is 4.90 Å². The first-order valence-electron chi connectivity index (χ1n) is 13.7. The van der Waals surface area contributed by atoms with Gasteiger partial charge < -0.3 is 25.1 Å². The molecule has 0 saturated carbocycles. The maximum absolute atomic E-state index is 6.03. The summed E-state index contributed by atoms with van der Waals surface area (Å²) in [5.74, 6) is 2.11. The van der Waals surface area contributed by atoms with E-state index in [9.17, 15) is 0 Å². The minimum absolute atomic E-state index is 0.150. The van der Waals surface area contributed by atoms with E-state index in [4.69, 9.17) is 14.5 Å². The Kier molecular flexibility index (Phi) is 7.23. The molecule has 0 bridgehead atoms. The van der Waals surface area contributed by atoms with Gasteiger partial charge in [-0.05, 0) is 73.0 Å². The van der Waals surface area contributed by atoms with E-state index in [1.807, 2.05) is 12.1 Å². The van der Waals surface area contributed by atoms with Crippen LogP contribution < -0.4 is 15.4 Å². The summed E-state index contributed by atoms with van der Waals surface area (Å²) in [4.78, 5) is 19.1. The van der Waals surface area contributed by atoms with Gasteiger partial charge in [0, 0.05) is 30.9 Å². The molecule has 9 nitrogen and oxygen atoms in total. The molecule has 9 heteroatoms. The Morgan fingerprint density at radius 3 is 2.48 bits per heavy atom. The molecule has 3 heterocycles. The number of hydrogen-bond acceptors (Lipinski definition) is 8. The lowest BCUT2D eigenvalue weighted by atomic mass is 10.0. The molecule has 206 valence electrons. The van der Waals surface area contributed by atoms with Crippen molar-refractivity contribution in [3.05, 3.63) is 67.0 Å². The molecular weight excluding hydrogens is 502 g/mol. The molecule has 1 aliphatic heterocycles. The summed E-state index contributed by atoms with van der Waals surface area (Å²) in [6.07, 6.45) is 1.63. The lowest BCUT2D eigenvalue weighted by Crippen LogP contribution is -2.38. The van der Waals surface area contributed by atoms with Crippen molar-refractivity contribution in [2.75, 3.05) is 50.1 Å². The highest BCUT2D eigenvalue weighted by molar-refractivity contribution is 5.89. The van der Waals surface area contributed by atoms with Gasteiger partial charge in [-0.15, -0.1) is 0 Å². The molecule has 1 fully saturated rings. The topological polar surface area (TPSA) is 100 Å². The first-order chi connectivity index (χ1) is 19.4. The fourth-order valence-corrected chi connectivity index (χ4v) is 4.82. The SMILES string of the molecule is CC(C)(C)Nc1nc(Nc2ccc(-c3ccc4cc(OCCN5CCOCC5)ccc4c3)cc2)nc2nc[nH]c12. The van der Waals surface area contributed by atoms with Crippen molar-refractivity contribution in [3.8, 4) is 16.9 Å². The molecule has 0 amide bonds. The third-order valence-corrected chi connectivity index (χ3v) is 6.85. The van der Waals surface area contributed by atoms with Crippen molar-refractivity contribution >= 4 is 39.4 Å². The van der Waals surface area contributed by atoms with Gasteiger partial charge in [-0.2, -0.15) is 9.97 Å². The number of H-pyrrole nitrogens is 1. The number of anilines is 3. The predicted octanol–water partition coefficient (Wildman–Crippen LogP) is 5.84. The van der Waals surface area contributed by atoms with Crippen LogP contribution in [0.2, 0.25) is 0 Å². The Labute approximate surface area is 234 Å². The van der Waals surface area contributed by atoms with Crippen LogP contribution in [0.25, 0.3) is 33.1 Å². The van der Waals surface area contributed by atoms with Crippen molar-refractivity contribution in [1.29, 1.82) is 0 Å². The Bertz CT molecular complexity index is 1600. The molecule has 0 radical (unpaired) electrons. The predicted molar refractivity (Wildman–Crippen MR) is 160 cm³/mol. The van der Waals surface area contributed by atoms with Gasteiger partial charge in [-0.1, -0.05) is 30.3 Å². The average molecular weight is 538 g/mol. The lowest BCUT2D eigenvalue weighted by Gasteiger charge is -2.26. The highest BCUT2D eigenvalue weighted by atomic mass is 16.5. The minimum atomic E-state index is -0.150. The minimum Gasteiger partial charge on any atom is -0.492 e. The van der Waals surface area contributed by atoms with Gasteiger partial charge in [0.15, 0.2) is 11.5 Å². The number of fused-ring (bicyclic) bond motifs is 2. The Morgan fingerprint density at radius 1 is 0.925 bits per heavy atom. The number of rotatable bonds is 8. The maximum Gasteiger partial charge on any atom is 0.231 e. The summed E-state index contributed by atoms with van der Waals surface area (Å²) in [5, 5.41) is 9.10. The third kappa shape index (κ3) is 6.16. The molecule has 1 saturated heterocycles. The third-order valence-electron chi connectivity index (χ3n) is 6.85. The van der Waals surface area contributed by atoms with Crippen molar-refractivity contribution < 1.29 is 9.47 Å². The molecule has 0 unspecified atom stereocenters. The van der Waals surface area contributed by atoms with E-state index in [2.05, 4.69) is 99.8 Å². The Morgan fingerprint density at radius 2 is 1.68 bits per heavy atom. The summed E-state index contributed by atoms with van der Waals surface area (Å²) < 4.78 is 11.4. The molecule has 2 aromatic heterocycles. The molecular formula is C31H35N7O2. The summed E-state index contributed by atoms with van der Waals surface area (Å²) in [5.41, 5.74) is 4.45. The molecule has 40 heavy (non-hydrogen) atoms. The summed E-state index contributed by atoms with van der Waals surface area (Å²) in [6, 6.07) is 21.1. The smallest absolute Gasteiger partial charge is 0.231 e. The number of aromatic nitrogens is 4. The fourth-order valence-electron chi connectivity index (χ4n) is 4.82. The van der Waals surface area contributed by atoms with Gasteiger partial charge in [0.25, 0.3) is 0 Å². The molecule has 3 N–H and O–H groups in total. The fraction of sp³-hybridized carbons (Fsp3) is 0.323. The van der Waals surface area contributed by atoms with Crippen LogP contribution in [0.3, 0.4) is 0 Å². The molecule has 1 aliphatic rings. The first kappa shape index (κ1) is 26.0. The van der Waals surface area contributed by atoms with E-state index >= 15 is 0 Å². The monoisotopic (exact) mass is 537 g/mol. The Balaban J connectivity index is 1.13. The zero-order valence-corrected chi connectivity index (χ0v) is 23.2. The number of aromatic amines is 1. The highest BCUT2D eigenvalue weighted by Crippen LogP contribution is 2.29. The van der Waals surface area contributed by atoms with Gasteiger partial charge >= 0.3 is 0 Å². The van der Waals surface area contributed by atoms with Crippen LogP contribution in [-0.2, 0) is 4.74 Å².